The normalized spacial score (nSPS) is 16.2. The summed E-state index contributed by atoms with van der Waals surface area (Å²) in [5.74, 6) is 0.261. The van der Waals surface area contributed by atoms with Gasteiger partial charge in [0, 0.05) is 32.1 Å². The zero-order valence-corrected chi connectivity index (χ0v) is 15.3. The van der Waals surface area contributed by atoms with Crippen molar-refractivity contribution in [2.24, 2.45) is 0 Å². The van der Waals surface area contributed by atoms with Crippen LogP contribution in [0.2, 0.25) is 0 Å². The van der Waals surface area contributed by atoms with E-state index < -0.39 is 0 Å². The minimum Gasteiger partial charge on any atom is -0.343 e. The molecule has 0 saturated carbocycles. The van der Waals surface area contributed by atoms with Gasteiger partial charge in [0.2, 0.25) is 5.91 Å². The van der Waals surface area contributed by atoms with Crippen LogP contribution >= 0.6 is 0 Å². The van der Waals surface area contributed by atoms with Gasteiger partial charge in [-0.2, -0.15) is 0 Å². The second kappa shape index (κ2) is 10.7. The van der Waals surface area contributed by atoms with Gasteiger partial charge < -0.3 is 15.5 Å². The molecule has 1 aliphatic heterocycles. The predicted octanol–water partition coefficient (Wildman–Crippen LogP) is 3.10. The lowest BCUT2D eigenvalue weighted by molar-refractivity contribution is -0.130. The van der Waals surface area contributed by atoms with Crippen LogP contribution < -0.4 is 10.6 Å². The van der Waals surface area contributed by atoms with Crippen LogP contribution in [0.4, 0.5) is 4.79 Å². The van der Waals surface area contributed by atoms with E-state index >= 15 is 0 Å². The maximum atomic E-state index is 11.9. The summed E-state index contributed by atoms with van der Waals surface area (Å²) in [6.45, 7) is 4.23. The van der Waals surface area contributed by atoms with Gasteiger partial charge in [-0.25, -0.2) is 4.79 Å². The molecule has 1 unspecified atom stereocenters. The van der Waals surface area contributed by atoms with Gasteiger partial charge in [-0.05, 0) is 44.6 Å². The molecule has 1 aliphatic rings. The molecular weight excluding hydrogens is 314 g/mol. The molecule has 1 heterocycles. The molecule has 1 atom stereocenters. The van der Waals surface area contributed by atoms with Crippen molar-refractivity contribution < 1.29 is 9.59 Å². The lowest BCUT2D eigenvalue weighted by Crippen LogP contribution is -2.42. The third-order valence-electron chi connectivity index (χ3n) is 4.65. The molecule has 2 rings (SSSR count). The number of hydrogen-bond acceptors (Lipinski definition) is 2. The fourth-order valence-corrected chi connectivity index (χ4v) is 3.12. The molecule has 1 saturated heterocycles. The number of rotatable bonds is 8. The molecule has 1 aromatic rings. The van der Waals surface area contributed by atoms with E-state index in [0.717, 1.165) is 51.6 Å². The molecule has 1 fully saturated rings. The number of nitrogens with one attached hydrogen (secondary N) is 2. The van der Waals surface area contributed by atoms with Crippen LogP contribution in [-0.2, 0) is 11.2 Å². The summed E-state index contributed by atoms with van der Waals surface area (Å²) in [6.07, 6.45) is 6.60. The highest BCUT2D eigenvalue weighted by atomic mass is 16.2. The van der Waals surface area contributed by atoms with Gasteiger partial charge in [-0.1, -0.05) is 36.8 Å². The molecule has 0 spiro atoms. The van der Waals surface area contributed by atoms with Gasteiger partial charge in [-0.15, -0.1) is 0 Å². The van der Waals surface area contributed by atoms with Crippen LogP contribution in [0.25, 0.3) is 0 Å². The summed E-state index contributed by atoms with van der Waals surface area (Å²) < 4.78 is 0. The van der Waals surface area contributed by atoms with Gasteiger partial charge in [-0.3, -0.25) is 4.79 Å². The summed E-state index contributed by atoms with van der Waals surface area (Å²) in [5.41, 5.74) is 1.29. The number of likely N-dealkylation sites (tertiary alicyclic amines) is 1. The van der Waals surface area contributed by atoms with E-state index in [1.54, 1.807) is 0 Å². The molecule has 5 heteroatoms. The van der Waals surface area contributed by atoms with Crippen molar-refractivity contribution in [2.45, 2.75) is 57.9 Å². The predicted molar refractivity (Wildman–Crippen MR) is 100 cm³/mol. The van der Waals surface area contributed by atoms with E-state index in [9.17, 15) is 9.59 Å². The Hall–Kier alpha value is -2.04. The van der Waals surface area contributed by atoms with Crippen LogP contribution in [0.3, 0.4) is 0 Å². The lowest BCUT2D eigenvalue weighted by atomic mass is 10.1. The molecule has 0 bridgehead atoms. The van der Waals surface area contributed by atoms with Crippen molar-refractivity contribution in [3.05, 3.63) is 35.9 Å². The summed E-state index contributed by atoms with van der Waals surface area (Å²) >= 11 is 0. The Bertz CT molecular complexity index is 533. The maximum absolute atomic E-state index is 11.9. The van der Waals surface area contributed by atoms with Crippen LogP contribution in [0.15, 0.2) is 30.3 Å². The number of amides is 3. The smallest absolute Gasteiger partial charge is 0.314 e. The highest BCUT2D eigenvalue weighted by Gasteiger charge is 2.15. The monoisotopic (exact) mass is 345 g/mol. The van der Waals surface area contributed by atoms with Crippen molar-refractivity contribution in [1.82, 2.24) is 15.5 Å². The first-order chi connectivity index (χ1) is 12.1. The Morgan fingerprint density at radius 2 is 2.00 bits per heavy atom. The number of carbonyl (C=O) groups excluding carboxylic acids is 2. The van der Waals surface area contributed by atoms with Crippen molar-refractivity contribution in [1.29, 1.82) is 0 Å². The first kappa shape index (κ1) is 19.3. The number of urea groups is 1. The Morgan fingerprint density at radius 3 is 2.80 bits per heavy atom. The summed E-state index contributed by atoms with van der Waals surface area (Å²) in [4.78, 5) is 25.8. The van der Waals surface area contributed by atoms with Crippen LogP contribution in [0, 0.1) is 0 Å². The van der Waals surface area contributed by atoms with E-state index in [4.69, 9.17) is 0 Å². The molecule has 0 aromatic heterocycles. The molecule has 2 N–H and O–H groups in total. The molecule has 1 aromatic carbocycles. The molecule has 3 amide bonds. The van der Waals surface area contributed by atoms with Crippen LogP contribution in [0.1, 0.15) is 51.0 Å². The van der Waals surface area contributed by atoms with Crippen molar-refractivity contribution in [3.63, 3.8) is 0 Å². The summed E-state index contributed by atoms with van der Waals surface area (Å²) in [7, 11) is 0. The van der Waals surface area contributed by atoms with E-state index in [1.807, 2.05) is 30.0 Å². The standard InChI is InChI=1S/C20H31N3O2/c1-17(12-13-18-9-4-2-5-10-18)22-20(25)21-14-8-16-23-15-7-3-6-11-19(23)24/h2,4-5,9-10,17H,3,6-8,11-16H2,1H3,(H2,21,22,25). The van der Waals surface area contributed by atoms with Gasteiger partial charge in [0.15, 0.2) is 0 Å². The highest BCUT2D eigenvalue weighted by Crippen LogP contribution is 2.11. The molecule has 5 nitrogen and oxygen atoms in total. The van der Waals surface area contributed by atoms with E-state index in [2.05, 4.69) is 22.8 Å². The second-order valence-electron chi connectivity index (χ2n) is 6.87. The third-order valence-corrected chi connectivity index (χ3v) is 4.65. The number of benzene rings is 1. The zero-order valence-electron chi connectivity index (χ0n) is 15.3. The van der Waals surface area contributed by atoms with Crippen molar-refractivity contribution >= 4 is 11.9 Å². The molecular formula is C20H31N3O2. The Labute approximate surface area is 151 Å². The van der Waals surface area contributed by atoms with E-state index in [1.165, 1.54) is 5.56 Å². The Morgan fingerprint density at radius 1 is 1.20 bits per heavy atom. The summed E-state index contributed by atoms with van der Waals surface area (Å²) in [5, 5.41) is 5.87. The first-order valence-electron chi connectivity index (χ1n) is 9.51. The highest BCUT2D eigenvalue weighted by molar-refractivity contribution is 5.76. The topological polar surface area (TPSA) is 61.4 Å². The average molecular weight is 345 g/mol. The molecule has 0 aliphatic carbocycles. The van der Waals surface area contributed by atoms with E-state index in [-0.39, 0.29) is 18.0 Å². The number of carbonyl (C=O) groups is 2. The quantitative estimate of drug-likeness (QED) is 0.711. The number of hydrogen-bond donors (Lipinski definition) is 2. The lowest BCUT2D eigenvalue weighted by Gasteiger charge is -2.20. The minimum atomic E-state index is -0.122. The van der Waals surface area contributed by atoms with E-state index in [0.29, 0.717) is 13.0 Å². The van der Waals surface area contributed by atoms with Gasteiger partial charge in [0.25, 0.3) is 0 Å². The van der Waals surface area contributed by atoms with Gasteiger partial charge in [0.1, 0.15) is 0 Å². The van der Waals surface area contributed by atoms with Crippen LogP contribution in [-0.4, -0.2) is 42.5 Å². The Kier molecular flexibility index (Phi) is 8.29. The number of nitrogens with zero attached hydrogens (tertiary/aromatic N) is 1. The summed E-state index contributed by atoms with van der Waals surface area (Å²) in [6, 6.07) is 10.3. The fourth-order valence-electron chi connectivity index (χ4n) is 3.12. The Balaban J connectivity index is 1.56. The fraction of sp³-hybridized carbons (Fsp3) is 0.600. The largest absolute Gasteiger partial charge is 0.343 e. The third kappa shape index (κ3) is 7.59. The zero-order chi connectivity index (χ0) is 17.9. The SMILES string of the molecule is CC(CCc1ccccc1)NC(=O)NCCCN1CCCCCC1=O. The average Bonchev–Trinajstić information content (AvgIpc) is 2.82. The molecule has 25 heavy (non-hydrogen) atoms. The van der Waals surface area contributed by atoms with Gasteiger partial charge >= 0.3 is 6.03 Å². The molecule has 138 valence electrons. The molecule has 0 radical (unpaired) electrons. The maximum Gasteiger partial charge on any atom is 0.314 e. The second-order valence-corrected chi connectivity index (χ2v) is 6.87. The van der Waals surface area contributed by atoms with Crippen molar-refractivity contribution in [2.75, 3.05) is 19.6 Å². The first-order valence-corrected chi connectivity index (χ1v) is 9.51. The van der Waals surface area contributed by atoms with Gasteiger partial charge in [0.05, 0.1) is 0 Å². The van der Waals surface area contributed by atoms with Crippen LogP contribution in [0.5, 0.6) is 0 Å². The number of aryl methyl sites for hydroxylation is 1. The van der Waals surface area contributed by atoms with Crippen molar-refractivity contribution in [3.8, 4) is 0 Å². The minimum absolute atomic E-state index is 0.122.